The Balaban J connectivity index is 1.43. The standard InChI is InChI=1S/C32H27N3S4/c1-4-5-14-35-29-17-27(12-8-23-6-10-25(36-23)15-21(2)19-33)38-31(29)32-30(35)18-28(39-32)13-9-24-7-11-26(37-24)16-22(3)20-34/h6-13,15-18H,4-5,14H2,1-3H3. The van der Waals surface area contributed by atoms with Crippen molar-refractivity contribution in [1.82, 2.24) is 4.57 Å². The molecule has 0 saturated carbocycles. The summed E-state index contributed by atoms with van der Waals surface area (Å²) in [6, 6.07) is 17.4. The number of nitrogens with zero attached hydrogens (tertiary/aromatic N) is 3. The molecule has 5 aromatic rings. The summed E-state index contributed by atoms with van der Waals surface area (Å²) in [5, 5.41) is 18.1. The van der Waals surface area contributed by atoms with E-state index < -0.39 is 0 Å². The van der Waals surface area contributed by atoms with Gasteiger partial charge >= 0.3 is 0 Å². The van der Waals surface area contributed by atoms with E-state index in [-0.39, 0.29) is 0 Å². The summed E-state index contributed by atoms with van der Waals surface area (Å²) < 4.78 is 5.22. The van der Waals surface area contributed by atoms with Crippen LogP contribution in [-0.4, -0.2) is 4.57 Å². The molecule has 0 bridgehead atoms. The van der Waals surface area contributed by atoms with Gasteiger partial charge in [-0.25, -0.2) is 0 Å². The smallest absolute Gasteiger partial charge is 0.0944 e. The third-order valence-corrected chi connectivity index (χ3v) is 10.5. The Bertz CT molecular complexity index is 1710. The maximum atomic E-state index is 9.03. The molecule has 3 nitrogen and oxygen atoms in total. The zero-order valence-electron chi connectivity index (χ0n) is 22.0. The molecule has 0 atom stereocenters. The minimum atomic E-state index is 0.721. The molecule has 0 amide bonds. The minimum absolute atomic E-state index is 0.721. The van der Waals surface area contributed by atoms with Crippen LogP contribution in [0.15, 0.2) is 47.5 Å². The van der Waals surface area contributed by atoms with Gasteiger partial charge in [-0.1, -0.05) is 13.3 Å². The van der Waals surface area contributed by atoms with Crippen LogP contribution in [0.2, 0.25) is 0 Å². The Hall–Kier alpha value is -3.46. The third-order valence-electron chi connectivity index (χ3n) is 6.18. The second-order valence-corrected chi connectivity index (χ2v) is 13.7. The molecule has 7 heteroatoms. The van der Waals surface area contributed by atoms with Crippen LogP contribution >= 0.6 is 45.3 Å². The van der Waals surface area contributed by atoms with Gasteiger partial charge in [0.25, 0.3) is 0 Å². The van der Waals surface area contributed by atoms with Gasteiger partial charge in [0.2, 0.25) is 0 Å². The average molecular weight is 582 g/mol. The van der Waals surface area contributed by atoms with Gasteiger partial charge in [0.05, 0.1) is 32.6 Å². The fourth-order valence-corrected chi connectivity index (χ4v) is 8.38. The largest absolute Gasteiger partial charge is 0.339 e. The van der Waals surface area contributed by atoms with Gasteiger partial charge in [-0.05, 0) is 93.1 Å². The number of thiophene rings is 4. The molecule has 0 aliphatic rings. The van der Waals surface area contributed by atoms with Gasteiger partial charge in [-0.3, -0.25) is 0 Å². The van der Waals surface area contributed by atoms with Gasteiger partial charge < -0.3 is 4.57 Å². The zero-order valence-corrected chi connectivity index (χ0v) is 25.3. The normalized spacial score (nSPS) is 12.8. The van der Waals surface area contributed by atoms with Gasteiger partial charge in [-0.2, -0.15) is 10.5 Å². The number of allylic oxidation sites excluding steroid dienone is 2. The molecule has 5 heterocycles. The first-order chi connectivity index (χ1) is 19.0. The number of unbranched alkanes of at least 4 members (excludes halogenated alkanes) is 1. The molecular formula is C32H27N3S4. The van der Waals surface area contributed by atoms with Gasteiger partial charge in [0.1, 0.15) is 0 Å². The summed E-state index contributed by atoms with van der Waals surface area (Å²) in [7, 11) is 0. The van der Waals surface area contributed by atoms with E-state index in [0.717, 1.165) is 40.3 Å². The molecule has 194 valence electrons. The van der Waals surface area contributed by atoms with Crippen LogP contribution in [0.25, 0.3) is 56.9 Å². The van der Waals surface area contributed by atoms with Crippen molar-refractivity contribution in [2.24, 2.45) is 0 Å². The fraction of sp³-hybridized carbons (Fsp3) is 0.188. The summed E-state index contributed by atoms with van der Waals surface area (Å²) in [5.41, 5.74) is 4.09. The van der Waals surface area contributed by atoms with Crippen molar-refractivity contribution in [1.29, 1.82) is 10.5 Å². The molecule has 5 aromatic heterocycles. The highest BCUT2D eigenvalue weighted by atomic mass is 32.1. The highest BCUT2D eigenvalue weighted by molar-refractivity contribution is 7.28. The van der Waals surface area contributed by atoms with Crippen LogP contribution in [0, 0.1) is 22.7 Å². The van der Waals surface area contributed by atoms with Crippen LogP contribution in [-0.2, 0) is 6.54 Å². The predicted molar refractivity (Wildman–Crippen MR) is 175 cm³/mol. The first-order valence-electron chi connectivity index (χ1n) is 12.8. The highest BCUT2D eigenvalue weighted by Crippen LogP contribution is 2.41. The van der Waals surface area contributed by atoms with Crippen molar-refractivity contribution in [2.75, 3.05) is 0 Å². The number of nitriles is 2. The van der Waals surface area contributed by atoms with E-state index >= 15 is 0 Å². The second kappa shape index (κ2) is 12.2. The van der Waals surface area contributed by atoms with E-state index in [4.69, 9.17) is 10.5 Å². The number of fused-ring (bicyclic) bond motifs is 3. The van der Waals surface area contributed by atoms with E-state index in [1.807, 2.05) is 48.7 Å². The molecule has 0 unspecified atom stereocenters. The SMILES string of the molecule is CCCCn1c2cc(C=Cc3ccc(C=C(C)C#N)s3)sc2c2sc(C=Cc3ccc(C=C(C)C#N)s3)cc21. The lowest BCUT2D eigenvalue weighted by molar-refractivity contribution is 0.665. The zero-order chi connectivity index (χ0) is 27.4. The molecule has 0 N–H and O–H groups in total. The molecule has 0 saturated heterocycles. The Labute approximate surface area is 245 Å². The Kier molecular flexibility index (Phi) is 8.45. The molecule has 0 spiro atoms. The maximum absolute atomic E-state index is 9.03. The van der Waals surface area contributed by atoms with E-state index in [1.165, 1.54) is 39.9 Å². The number of aryl methyl sites for hydroxylation is 1. The molecular weight excluding hydrogens is 555 g/mol. The summed E-state index contributed by atoms with van der Waals surface area (Å²) >= 11 is 7.11. The summed E-state index contributed by atoms with van der Waals surface area (Å²) in [6.07, 6.45) is 15.0. The van der Waals surface area contributed by atoms with Crippen molar-refractivity contribution < 1.29 is 0 Å². The van der Waals surface area contributed by atoms with Crippen molar-refractivity contribution in [3.63, 3.8) is 0 Å². The number of hydrogen-bond donors (Lipinski definition) is 0. The lowest BCUT2D eigenvalue weighted by Gasteiger charge is -2.03. The van der Waals surface area contributed by atoms with Crippen molar-refractivity contribution in [3.8, 4) is 12.1 Å². The first kappa shape index (κ1) is 27.1. The van der Waals surface area contributed by atoms with Crippen molar-refractivity contribution in [3.05, 3.63) is 76.8 Å². The maximum Gasteiger partial charge on any atom is 0.0944 e. The Morgan fingerprint density at radius 3 is 1.56 bits per heavy atom. The van der Waals surface area contributed by atoms with Gasteiger partial charge in [-0.15, -0.1) is 45.3 Å². The Morgan fingerprint density at radius 1 is 0.692 bits per heavy atom. The van der Waals surface area contributed by atoms with Crippen molar-refractivity contribution in [2.45, 2.75) is 40.2 Å². The van der Waals surface area contributed by atoms with Crippen molar-refractivity contribution >= 4 is 102 Å². The van der Waals surface area contributed by atoms with Crippen LogP contribution in [0.3, 0.4) is 0 Å². The summed E-state index contributed by atoms with van der Waals surface area (Å²) in [6.45, 7) is 6.94. The second-order valence-electron chi connectivity index (χ2n) is 9.26. The quantitative estimate of drug-likeness (QED) is 0.163. The first-order valence-corrected chi connectivity index (χ1v) is 16.0. The van der Waals surface area contributed by atoms with Crippen LogP contribution in [0.1, 0.15) is 62.9 Å². The molecule has 0 fully saturated rings. The lowest BCUT2D eigenvalue weighted by atomic mass is 10.3. The van der Waals surface area contributed by atoms with Crippen LogP contribution in [0.4, 0.5) is 0 Å². The molecule has 39 heavy (non-hydrogen) atoms. The Morgan fingerprint density at radius 2 is 1.13 bits per heavy atom. The van der Waals surface area contributed by atoms with Crippen LogP contribution in [0.5, 0.6) is 0 Å². The number of rotatable bonds is 9. The van der Waals surface area contributed by atoms with Gasteiger partial charge in [0.15, 0.2) is 0 Å². The third kappa shape index (κ3) is 6.24. The molecule has 0 aliphatic carbocycles. The van der Waals surface area contributed by atoms with E-state index in [1.54, 1.807) is 22.7 Å². The molecule has 0 radical (unpaired) electrons. The van der Waals surface area contributed by atoms with Crippen LogP contribution < -0.4 is 0 Å². The fourth-order valence-electron chi connectivity index (χ4n) is 4.27. The average Bonchev–Trinajstić information content (AvgIpc) is 3.74. The summed E-state index contributed by atoms with van der Waals surface area (Å²) in [4.78, 5) is 7.07. The lowest BCUT2D eigenvalue weighted by Crippen LogP contribution is -1.95. The number of hydrogen-bond acceptors (Lipinski definition) is 6. The van der Waals surface area contributed by atoms with E-state index in [0.29, 0.717) is 0 Å². The van der Waals surface area contributed by atoms with E-state index in [9.17, 15) is 0 Å². The molecule has 0 aromatic carbocycles. The summed E-state index contributed by atoms with van der Waals surface area (Å²) in [5.74, 6) is 0. The van der Waals surface area contributed by atoms with E-state index in [2.05, 4.69) is 84.3 Å². The monoisotopic (exact) mass is 581 g/mol. The predicted octanol–water partition coefficient (Wildman–Crippen LogP) is 11.0. The topological polar surface area (TPSA) is 52.5 Å². The molecule has 5 rings (SSSR count). The highest BCUT2D eigenvalue weighted by Gasteiger charge is 2.16. The van der Waals surface area contributed by atoms with Gasteiger partial charge in [0, 0.05) is 47.0 Å². The number of aromatic nitrogens is 1. The molecule has 0 aliphatic heterocycles. The minimum Gasteiger partial charge on any atom is -0.339 e.